The Kier molecular flexibility index (Phi) is 9.23. The third-order valence-electron chi connectivity index (χ3n) is 5.10. The summed E-state index contributed by atoms with van der Waals surface area (Å²) in [6, 6.07) is 18.7. The van der Waals surface area contributed by atoms with Gasteiger partial charge in [-0.05, 0) is 115 Å². The summed E-state index contributed by atoms with van der Waals surface area (Å²) in [5.74, 6) is 0.922. The quantitative estimate of drug-likeness (QED) is 0.236. The van der Waals surface area contributed by atoms with Crippen molar-refractivity contribution in [2.75, 3.05) is 6.54 Å². The number of rotatable bonds is 7. The molecule has 4 nitrogen and oxygen atoms in total. The Balaban J connectivity index is 1.57. The van der Waals surface area contributed by atoms with Gasteiger partial charge in [-0.2, -0.15) is 0 Å². The number of amides is 1. The minimum absolute atomic E-state index is 0.0586. The van der Waals surface area contributed by atoms with Crippen LogP contribution < -0.4 is 4.74 Å². The van der Waals surface area contributed by atoms with Crippen LogP contribution in [0.4, 0.5) is 5.69 Å². The van der Waals surface area contributed by atoms with Crippen molar-refractivity contribution >= 4 is 89.7 Å². The molecule has 0 aromatic heterocycles. The third kappa shape index (κ3) is 6.95. The van der Waals surface area contributed by atoms with E-state index in [1.807, 2.05) is 54.6 Å². The summed E-state index contributed by atoms with van der Waals surface area (Å²) < 4.78 is 7.59. The van der Waals surface area contributed by atoms with Gasteiger partial charge in [0.25, 0.3) is 5.91 Å². The van der Waals surface area contributed by atoms with Gasteiger partial charge < -0.3 is 4.74 Å². The van der Waals surface area contributed by atoms with Crippen LogP contribution in [-0.4, -0.2) is 22.5 Å². The summed E-state index contributed by atoms with van der Waals surface area (Å²) in [7, 11) is 0. The van der Waals surface area contributed by atoms with Gasteiger partial charge in [-0.1, -0.05) is 49.2 Å². The molecule has 0 radical (unpaired) electrons. The predicted molar refractivity (Wildman–Crippen MR) is 158 cm³/mol. The minimum Gasteiger partial charge on any atom is -0.487 e. The van der Waals surface area contributed by atoms with Gasteiger partial charge in [0.1, 0.15) is 12.4 Å². The summed E-state index contributed by atoms with van der Waals surface area (Å²) in [6.07, 6.45) is 1.88. The molecule has 0 atom stereocenters. The van der Waals surface area contributed by atoms with Crippen LogP contribution in [0.3, 0.4) is 0 Å². The largest absolute Gasteiger partial charge is 0.487 e. The fraction of sp³-hybridized carbons (Fsp3) is 0.185. The Morgan fingerprint density at radius 3 is 2.17 bits per heavy atom. The molecule has 1 aliphatic rings. The van der Waals surface area contributed by atoms with Crippen LogP contribution in [0.2, 0.25) is 10.0 Å². The molecule has 1 aliphatic heterocycles. The fourth-order valence-corrected chi connectivity index (χ4v) is 6.14. The van der Waals surface area contributed by atoms with Crippen LogP contribution >= 0.6 is 66.8 Å². The Labute approximate surface area is 242 Å². The number of benzene rings is 3. The lowest BCUT2D eigenvalue weighted by atomic mass is 10.2. The van der Waals surface area contributed by atoms with Crippen LogP contribution in [0.5, 0.6) is 5.75 Å². The first-order chi connectivity index (χ1) is 17.2. The van der Waals surface area contributed by atoms with E-state index in [-0.39, 0.29) is 5.91 Å². The smallest absolute Gasteiger partial charge is 0.266 e. The standard InChI is InChI=1S/C27H22Br2Cl2N2O2S/c1-16(2)14-33-26(34)24(36-27(33)32-21-9-7-20(31)8-10-21)13-18-11-22(28)25(23(29)12-18)35-15-17-3-5-19(30)6-4-17/h3-13,16H,14-15H2,1-2H3/b24-13-,32-27?. The summed E-state index contributed by atoms with van der Waals surface area (Å²) in [5, 5.41) is 1.99. The number of halogens is 4. The van der Waals surface area contributed by atoms with Crippen LogP contribution in [0.25, 0.3) is 6.08 Å². The molecule has 1 amide bonds. The average molecular weight is 669 g/mol. The second kappa shape index (κ2) is 12.2. The fourth-order valence-electron chi connectivity index (χ4n) is 3.43. The van der Waals surface area contributed by atoms with E-state index in [2.05, 4.69) is 45.7 Å². The highest BCUT2D eigenvalue weighted by Gasteiger charge is 2.33. The van der Waals surface area contributed by atoms with E-state index in [4.69, 9.17) is 32.9 Å². The molecule has 4 rings (SSSR count). The Bertz CT molecular complexity index is 1300. The van der Waals surface area contributed by atoms with E-state index in [1.165, 1.54) is 11.8 Å². The van der Waals surface area contributed by atoms with Gasteiger partial charge in [-0.3, -0.25) is 9.69 Å². The topological polar surface area (TPSA) is 41.9 Å². The number of amidine groups is 1. The van der Waals surface area contributed by atoms with Crippen molar-refractivity contribution in [3.05, 3.63) is 95.7 Å². The highest BCUT2D eigenvalue weighted by atomic mass is 79.9. The highest BCUT2D eigenvalue weighted by molar-refractivity contribution is 9.11. The van der Waals surface area contributed by atoms with Gasteiger partial charge in [0.2, 0.25) is 0 Å². The van der Waals surface area contributed by atoms with E-state index in [0.717, 1.165) is 25.8 Å². The van der Waals surface area contributed by atoms with Gasteiger partial charge in [-0.15, -0.1) is 0 Å². The summed E-state index contributed by atoms with van der Waals surface area (Å²) in [4.78, 5) is 20.4. The highest BCUT2D eigenvalue weighted by Crippen LogP contribution is 2.39. The van der Waals surface area contributed by atoms with Gasteiger partial charge in [0.15, 0.2) is 5.17 Å². The lowest BCUT2D eigenvalue weighted by Crippen LogP contribution is -2.32. The molecule has 0 aliphatic carbocycles. The maximum Gasteiger partial charge on any atom is 0.266 e. The molecule has 186 valence electrons. The molecule has 1 saturated heterocycles. The molecule has 0 bridgehead atoms. The number of carbonyl (C=O) groups excluding carboxylic acids is 1. The number of nitrogens with zero attached hydrogens (tertiary/aromatic N) is 2. The van der Waals surface area contributed by atoms with Gasteiger partial charge >= 0.3 is 0 Å². The Morgan fingerprint density at radius 1 is 1.00 bits per heavy atom. The molecule has 3 aromatic carbocycles. The summed E-state index contributed by atoms with van der Waals surface area (Å²) in [5.41, 5.74) is 2.62. The molecule has 9 heteroatoms. The first-order valence-electron chi connectivity index (χ1n) is 11.1. The maximum atomic E-state index is 13.3. The van der Waals surface area contributed by atoms with Crippen molar-refractivity contribution in [1.29, 1.82) is 0 Å². The van der Waals surface area contributed by atoms with Crippen molar-refractivity contribution in [1.82, 2.24) is 4.90 Å². The molecular formula is C27H22Br2Cl2N2O2S. The predicted octanol–water partition coefficient (Wildman–Crippen LogP) is 9.36. The average Bonchev–Trinajstić information content (AvgIpc) is 3.09. The van der Waals surface area contributed by atoms with Gasteiger partial charge in [0.05, 0.1) is 19.5 Å². The van der Waals surface area contributed by atoms with Crippen LogP contribution in [0, 0.1) is 5.92 Å². The van der Waals surface area contributed by atoms with Crippen molar-refractivity contribution in [2.24, 2.45) is 10.9 Å². The molecule has 1 fully saturated rings. The van der Waals surface area contributed by atoms with Gasteiger partial charge in [-0.25, -0.2) is 4.99 Å². The number of hydrogen-bond acceptors (Lipinski definition) is 4. The Hall–Kier alpha value is -1.77. The molecule has 1 heterocycles. The number of aliphatic imine (C=N–C) groups is 1. The zero-order valence-electron chi connectivity index (χ0n) is 19.5. The van der Waals surface area contributed by atoms with E-state index >= 15 is 0 Å². The number of thioether (sulfide) groups is 1. The number of carbonyl (C=O) groups is 1. The molecule has 0 saturated carbocycles. The number of hydrogen-bond donors (Lipinski definition) is 0. The summed E-state index contributed by atoms with van der Waals surface area (Å²) in [6.45, 7) is 5.14. The van der Waals surface area contributed by atoms with E-state index in [1.54, 1.807) is 17.0 Å². The molecule has 36 heavy (non-hydrogen) atoms. The monoisotopic (exact) mass is 666 g/mol. The second-order valence-electron chi connectivity index (χ2n) is 8.52. The lowest BCUT2D eigenvalue weighted by molar-refractivity contribution is -0.122. The Morgan fingerprint density at radius 2 is 1.58 bits per heavy atom. The third-order valence-corrected chi connectivity index (χ3v) is 7.79. The maximum absolute atomic E-state index is 13.3. The SMILES string of the molecule is CC(C)CN1C(=O)/C(=C/c2cc(Br)c(OCc3ccc(Cl)cc3)c(Br)c2)SC1=Nc1ccc(Cl)cc1. The lowest BCUT2D eigenvalue weighted by Gasteiger charge is -2.17. The van der Waals surface area contributed by atoms with Crippen molar-refractivity contribution in [2.45, 2.75) is 20.5 Å². The second-order valence-corrected chi connectivity index (χ2v) is 12.1. The van der Waals surface area contributed by atoms with Crippen LogP contribution in [-0.2, 0) is 11.4 Å². The van der Waals surface area contributed by atoms with Crippen molar-refractivity contribution in [3.63, 3.8) is 0 Å². The van der Waals surface area contributed by atoms with Crippen LogP contribution in [0.1, 0.15) is 25.0 Å². The zero-order chi connectivity index (χ0) is 25.8. The van der Waals surface area contributed by atoms with Crippen LogP contribution in [0.15, 0.2) is 79.5 Å². The van der Waals surface area contributed by atoms with Crippen molar-refractivity contribution < 1.29 is 9.53 Å². The number of ether oxygens (including phenoxy) is 1. The van der Waals surface area contributed by atoms with E-state index in [0.29, 0.717) is 44.9 Å². The molecule has 0 spiro atoms. The zero-order valence-corrected chi connectivity index (χ0v) is 25.0. The van der Waals surface area contributed by atoms with E-state index in [9.17, 15) is 4.79 Å². The van der Waals surface area contributed by atoms with Crippen molar-refractivity contribution in [3.8, 4) is 5.75 Å². The normalized spacial score (nSPS) is 16.0. The summed E-state index contributed by atoms with van der Waals surface area (Å²) >= 11 is 20.6. The minimum atomic E-state index is -0.0586. The molecular weight excluding hydrogens is 647 g/mol. The molecule has 0 unspecified atom stereocenters. The first-order valence-corrected chi connectivity index (χ1v) is 14.3. The molecule has 3 aromatic rings. The van der Waals surface area contributed by atoms with E-state index < -0.39 is 0 Å². The molecule has 0 N–H and O–H groups in total. The first kappa shape index (κ1) is 27.3. The van der Waals surface area contributed by atoms with Gasteiger partial charge in [0, 0.05) is 16.6 Å².